The minimum absolute atomic E-state index is 0.357. The molecule has 4 aromatic carbocycles. The van der Waals surface area contributed by atoms with E-state index in [1.807, 2.05) is 79.7 Å². The average molecular weight is 493 g/mol. The molecule has 0 bridgehead atoms. The second kappa shape index (κ2) is 9.05. The van der Waals surface area contributed by atoms with Crippen LogP contribution in [0.3, 0.4) is 0 Å². The van der Waals surface area contributed by atoms with Crippen LogP contribution in [-0.2, 0) is 0 Å². The minimum Gasteiger partial charge on any atom is -0.422 e. The molecule has 33 heavy (non-hydrogen) atoms. The summed E-state index contributed by atoms with van der Waals surface area (Å²) in [5.41, 5.74) is 6.72. The van der Waals surface area contributed by atoms with Gasteiger partial charge in [0.15, 0.2) is 0 Å². The molecule has 2 nitrogen and oxygen atoms in total. The summed E-state index contributed by atoms with van der Waals surface area (Å²) < 4.78 is 6.63. The molecule has 1 heterocycles. The third kappa shape index (κ3) is 4.20. The molecule has 0 aliphatic carbocycles. The third-order valence-electron chi connectivity index (χ3n) is 5.70. The highest BCUT2D eigenvalue weighted by Crippen LogP contribution is 2.36. The Hall–Kier alpha value is -3.69. The number of halogens is 1. The van der Waals surface area contributed by atoms with Gasteiger partial charge in [0.2, 0.25) is 0 Å². The molecule has 1 aromatic heterocycles. The second-order valence-corrected chi connectivity index (χ2v) is 8.80. The fourth-order valence-corrected chi connectivity index (χ4v) is 4.60. The molecule has 0 atom stereocenters. The number of aryl methyl sites for hydroxylation is 1. The molecule has 0 unspecified atom stereocenters. The van der Waals surface area contributed by atoms with Gasteiger partial charge in [-0.25, -0.2) is 4.79 Å². The molecule has 0 N–H and O–H groups in total. The first-order valence-corrected chi connectivity index (χ1v) is 11.6. The SMILES string of the molecule is Cc1ccc2oc(=O)c(-c3ccccc3Br)c(C=C(c3ccccc3)c3ccccc3)c2c1. The lowest BCUT2D eigenvalue weighted by molar-refractivity contribution is 0.563. The van der Waals surface area contributed by atoms with Crippen LogP contribution in [0, 0.1) is 6.92 Å². The molecule has 160 valence electrons. The van der Waals surface area contributed by atoms with Crippen molar-refractivity contribution in [3.63, 3.8) is 0 Å². The number of benzene rings is 4. The minimum atomic E-state index is -0.357. The Morgan fingerprint density at radius 1 is 0.788 bits per heavy atom. The molecule has 5 aromatic rings. The Morgan fingerprint density at radius 3 is 2.03 bits per heavy atom. The van der Waals surface area contributed by atoms with Crippen LogP contribution in [0.2, 0.25) is 0 Å². The number of fused-ring (bicyclic) bond motifs is 1. The van der Waals surface area contributed by atoms with Crippen LogP contribution < -0.4 is 5.63 Å². The smallest absolute Gasteiger partial charge is 0.344 e. The number of rotatable bonds is 4. The summed E-state index contributed by atoms with van der Waals surface area (Å²) in [4.78, 5) is 13.3. The van der Waals surface area contributed by atoms with Crippen molar-refractivity contribution in [3.8, 4) is 11.1 Å². The average Bonchev–Trinajstić information content (AvgIpc) is 2.84. The molecule has 5 rings (SSSR count). The molecular formula is C30H21BrO2. The van der Waals surface area contributed by atoms with Gasteiger partial charge in [0, 0.05) is 21.0 Å². The highest BCUT2D eigenvalue weighted by Gasteiger charge is 2.18. The summed E-state index contributed by atoms with van der Waals surface area (Å²) >= 11 is 3.63. The quantitative estimate of drug-likeness (QED) is 0.237. The van der Waals surface area contributed by atoms with Crippen LogP contribution in [0.5, 0.6) is 0 Å². The van der Waals surface area contributed by atoms with Crippen molar-refractivity contribution >= 4 is 38.5 Å². The van der Waals surface area contributed by atoms with Crippen molar-refractivity contribution in [1.82, 2.24) is 0 Å². The Morgan fingerprint density at radius 2 is 1.39 bits per heavy atom. The molecule has 0 aliphatic rings. The van der Waals surface area contributed by atoms with Gasteiger partial charge in [-0.3, -0.25) is 0 Å². The van der Waals surface area contributed by atoms with E-state index >= 15 is 0 Å². The molecule has 0 saturated heterocycles. The van der Waals surface area contributed by atoms with E-state index in [1.165, 1.54) is 0 Å². The maximum Gasteiger partial charge on any atom is 0.344 e. The largest absolute Gasteiger partial charge is 0.422 e. The molecule has 3 heteroatoms. The van der Waals surface area contributed by atoms with E-state index in [-0.39, 0.29) is 5.63 Å². The monoisotopic (exact) mass is 492 g/mol. The highest BCUT2D eigenvalue weighted by atomic mass is 79.9. The maximum atomic E-state index is 13.3. The predicted molar refractivity (Wildman–Crippen MR) is 140 cm³/mol. The molecule has 0 radical (unpaired) electrons. The summed E-state index contributed by atoms with van der Waals surface area (Å²) in [5, 5.41) is 0.907. The summed E-state index contributed by atoms with van der Waals surface area (Å²) in [6, 6.07) is 34.2. The van der Waals surface area contributed by atoms with Crippen LogP contribution in [0.15, 0.2) is 117 Å². The van der Waals surface area contributed by atoms with Crippen LogP contribution in [0.4, 0.5) is 0 Å². The first-order chi connectivity index (χ1) is 16.1. The van der Waals surface area contributed by atoms with Gasteiger partial charge in [-0.2, -0.15) is 0 Å². The zero-order chi connectivity index (χ0) is 22.8. The van der Waals surface area contributed by atoms with E-state index in [4.69, 9.17) is 4.42 Å². The van der Waals surface area contributed by atoms with Gasteiger partial charge in [-0.05, 0) is 47.9 Å². The van der Waals surface area contributed by atoms with Gasteiger partial charge in [-0.1, -0.05) is 106 Å². The number of hydrogen-bond donors (Lipinski definition) is 0. The molecular weight excluding hydrogens is 472 g/mol. The predicted octanol–water partition coefficient (Wildman–Crippen LogP) is 8.12. The molecule has 0 aliphatic heterocycles. The van der Waals surface area contributed by atoms with Gasteiger partial charge in [0.1, 0.15) is 5.58 Å². The lowest BCUT2D eigenvalue weighted by atomic mass is 9.91. The molecule has 0 saturated carbocycles. The van der Waals surface area contributed by atoms with Gasteiger partial charge in [0.25, 0.3) is 0 Å². The number of hydrogen-bond acceptors (Lipinski definition) is 2. The van der Waals surface area contributed by atoms with Crippen LogP contribution in [-0.4, -0.2) is 0 Å². The lowest BCUT2D eigenvalue weighted by Crippen LogP contribution is -2.07. The van der Waals surface area contributed by atoms with Gasteiger partial charge < -0.3 is 4.42 Å². The van der Waals surface area contributed by atoms with Crippen molar-refractivity contribution in [3.05, 3.63) is 140 Å². The van der Waals surface area contributed by atoms with E-state index in [0.29, 0.717) is 11.1 Å². The zero-order valence-corrected chi connectivity index (χ0v) is 19.7. The third-order valence-corrected chi connectivity index (χ3v) is 6.39. The Bertz CT molecular complexity index is 1490. The van der Waals surface area contributed by atoms with Gasteiger partial charge in [0.05, 0.1) is 5.56 Å². The van der Waals surface area contributed by atoms with Crippen molar-refractivity contribution in [2.45, 2.75) is 6.92 Å². The summed E-state index contributed by atoms with van der Waals surface area (Å²) in [7, 11) is 0. The van der Waals surface area contributed by atoms with E-state index in [2.05, 4.69) is 52.3 Å². The Balaban J connectivity index is 1.92. The summed E-state index contributed by atoms with van der Waals surface area (Å²) in [5.74, 6) is 0. The normalized spacial score (nSPS) is 10.8. The van der Waals surface area contributed by atoms with Crippen LogP contribution in [0.25, 0.3) is 33.7 Å². The van der Waals surface area contributed by atoms with Crippen molar-refractivity contribution in [2.75, 3.05) is 0 Å². The Kier molecular flexibility index (Phi) is 5.80. The van der Waals surface area contributed by atoms with Crippen molar-refractivity contribution < 1.29 is 4.42 Å². The molecule has 0 fully saturated rings. The van der Waals surface area contributed by atoms with Crippen LogP contribution >= 0.6 is 15.9 Å². The van der Waals surface area contributed by atoms with Crippen molar-refractivity contribution in [1.29, 1.82) is 0 Å². The zero-order valence-electron chi connectivity index (χ0n) is 18.1. The molecule has 0 amide bonds. The van der Waals surface area contributed by atoms with Gasteiger partial charge >= 0.3 is 5.63 Å². The van der Waals surface area contributed by atoms with E-state index in [9.17, 15) is 4.79 Å². The highest BCUT2D eigenvalue weighted by molar-refractivity contribution is 9.10. The lowest BCUT2D eigenvalue weighted by Gasteiger charge is -2.14. The second-order valence-electron chi connectivity index (χ2n) is 7.95. The van der Waals surface area contributed by atoms with E-state index < -0.39 is 0 Å². The van der Waals surface area contributed by atoms with Gasteiger partial charge in [-0.15, -0.1) is 0 Å². The van der Waals surface area contributed by atoms with E-state index in [1.54, 1.807) is 0 Å². The summed E-state index contributed by atoms with van der Waals surface area (Å²) in [6.07, 6.45) is 2.12. The standard InChI is InChI=1S/C30H21BrO2/c1-20-16-17-28-25(18-20)26(29(30(32)33-28)23-14-8-9-15-27(23)31)19-24(21-10-4-2-5-11-21)22-12-6-3-7-13-22/h2-19H,1H3. The fourth-order valence-electron chi connectivity index (χ4n) is 4.12. The molecule has 0 spiro atoms. The first kappa shape index (κ1) is 21.2. The fraction of sp³-hybridized carbons (Fsp3) is 0.0333. The maximum absolute atomic E-state index is 13.3. The van der Waals surface area contributed by atoms with Crippen molar-refractivity contribution in [2.24, 2.45) is 0 Å². The Labute approximate surface area is 201 Å². The topological polar surface area (TPSA) is 30.2 Å². The summed E-state index contributed by atoms with van der Waals surface area (Å²) in [6.45, 7) is 2.05. The van der Waals surface area contributed by atoms with Crippen LogP contribution in [0.1, 0.15) is 22.3 Å². The van der Waals surface area contributed by atoms with E-state index in [0.717, 1.165) is 43.2 Å². The first-order valence-electron chi connectivity index (χ1n) is 10.8.